The number of likely N-dealkylation sites (tertiary alicyclic amines) is 1. The Kier molecular flexibility index (Phi) is 13.7. The summed E-state index contributed by atoms with van der Waals surface area (Å²) in [6.07, 6.45) is 3.52. The quantitative estimate of drug-likeness (QED) is 0.296. The molecule has 0 aromatic carbocycles. The summed E-state index contributed by atoms with van der Waals surface area (Å²) in [7, 11) is 2.73. The zero-order chi connectivity index (χ0) is 30.2. The number of esters is 2. The Labute approximate surface area is 254 Å². The van der Waals surface area contributed by atoms with Crippen LogP contribution in [0, 0.1) is 0 Å². The van der Waals surface area contributed by atoms with Crippen LogP contribution in [0.2, 0.25) is 0 Å². The monoisotopic (exact) mass is 632 g/mol. The first kappa shape index (κ1) is 35.5. The van der Waals surface area contributed by atoms with Crippen molar-refractivity contribution in [2.45, 2.75) is 96.8 Å². The third-order valence-corrected chi connectivity index (χ3v) is 8.62. The van der Waals surface area contributed by atoms with Crippen LogP contribution >= 0.6 is 22.7 Å². The van der Waals surface area contributed by atoms with E-state index in [1.54, 1.807) is 33.2 Å². The van der Waals surface area contributed by atoms with Gasteiger partial charge in [0.25, 0.3) is 0 Å². The maximum absolute atomic E-state index is 13.9. The van der Waals surface area contributed by atoms with Gasteiger partial charge in [0.05, 0.1) is 45.7 Å². The van der Waals surface area contributed by atoms with Crippen LogP contribution in [0.15, 0.2) is 12.4 Å². The summed E-state index contributed by atoms with van der Waals surface area (Å²) in [6.45, 7) is 5.74. The molecule has 0 aliphatic carbocycles. The molecule has 236 valence electrons. The van der Waals surface area contributed by atoms with Gasteiger partial charge in [-0.1, -0.05) is 7.43 Å². The molecule has 2 saturated heterocycles. The highest BCUT2D eigenvalue weighted by atomic mass is 32.1. The molecule has 2 fully saturated rings. The molecule has 1 N–H and O–H groups in total. The lowest BCUT2D eigenvalue weighted by Gasteiger charge is -2.27. The van der Waals surface area contributed by atoms with Gasteiger partial charge in [-0.15, -0.1) is 22.7 Å². The van der Waals surface area contributed by atoms with Crippen molar-refractivity contribution in [3.63, 3.8) is 0 Å². The fourth-order valence-corrected chi connectivity index (χ4v) is 6.32. The van der Waals surface area contributed by atoms with E-state index >= 15 is 0 Å². The first-order valence-corrected chi connectivity index (χ1v) is 15.1. The third kappa shape index (κ3) is 10.8. The molecule has 2 aliphatic rings. The number of carbonyl (C=O) groups is 3. The number of amides is 1. The Morgan fingerprint density at radius 3 is 2.00 bits per heavy atom. The van der Waals surface area contributed by atoms with Gasteiger partial charge >= 0.3 is 18.0 Å². The van der Waals surface area contributed by atoms with Gasteiger partial charge in [0.15, 0.2) is 0 Å². The molecule has 42 heavy (non-hydrogen) atoms. The number of ether oxygens (including phenoxy) is 3. The Morgan fingerprint density at radius 2 is 1.50 bits per heavy atom. The number of hydrogen-bond acceptors (Lipinski definition) is 11. The molecular weight excluding hydrogens is 590 g/mol. The summed E-state index contributed by atoms with van der Waals surface area (Å²) in [6, 6.07) is -0.395. The second-order valence-electron chi connectivity index (χ2n) is 10.8. The van der Waals surface area contributed by atoms with E-state index in [9.17, 15) is 23.2 Å². The van der Waals surface area contributed by atoms with Gasteiger partial charge in [-0.05, 0) is 33.6 Å². The van der Waals surface area contributed by atoms with Crippen molar-refractivity contribution in [3.05, 3.63) is 32.2 Å². The van der Waals surface area contributed by atoms with Crippen LogP contribution in [0.3, 0.4) is 0 Å². The van der Waals surface area contributed by atoms with Gasteiger partial charge < -0.3 is 19.5 Å². The minimum atomic E-state index is -1.09. The van der Waals surface area contributed by atoms with Crippen molar-refractivity contribution in [2.75, 3.05) is 27.3 Å². The first-order valence-electron chi connectivity index (χ1n) is 13.4. The molecule has 4 atom stereocenters. The van der Waals surface area contributed by atoms with E-state index in [0.29, 0.717) is 37.2 Å². The summed E-state index contributed by atoms with van der Waals surface area (Å²) in [5.74, 6) is -0.507. The lowest BCUT2D eigenvalue weighted by atomic mass is 10.2. The standard InChI is InChI=1S/C16H23FN2O4S.C11H15FN2O2S.CH4/c1-16(2,3)23-15(21)19-9-10(17)7-12(19)14-18-8-11(24-14)5-6-13(20)22-4;1-16-10(15)3-2-8-6-14-11(17-8)9-4-7(12)5-13-9;/h8,10,12H,5-7,9H2,1-4H3;6-7,9,13H,2-5H2,1H3;1H4/t10-,12-;7-,9-;/m00./s1. The molecule has 0 radical (unpaired) electrons. The van der Waals surface area contributed by atoms with Crippen molar-refractivity contribution >= 4 is 40.7 Å². The number of alkyl halides is 2. The Hall–Kier alpha value is -2.71. The average Bonchev–Trinajstić information content (AvgIpc) is 3.72. The van der Waals surface area contributed by atoms with Crippen LogP contribution in [0.1, 0.15) is 85.7 Å². The molecule has 2 aromatic rings. The van der Waals surface area contributed by atoms with Crippen molar-refractivity contribution in [3.8, 4) is 0 Å². The van der Waals surface area contributed by atoms with Crippen molar-refractivity contribution in [1.29, 1.82) is 0 Å². The normalized spacial score (nSPS) is 21.6. The van der Waals surface area contributed by atoms with Crippen LogP contribution < -0.4 is 5.32 Å². The first-order chi connectivity index (χ1) is 19.4. The Morgan fingerprint density at radius 1 is 0.952 bits per heavy atom. The highest BCUT2D eigenvalue weighted by molar-refractivity contribution is 7.12. The molecule has 2 aromatic heterocycles. The summed E-state index contributed by atoms with van der Waals surface area (Å²) >= 11 is 2.93. The Bertz CT molecular complexity index is 1170. The van der Waals surface area contributed by atoms with Crippen molar-refractivity contribution in [1.82, 2.24) is 20.2 Å². The van der Waals surface area contributed by atoms with E-state index in [0.717, 1.165) is 14.8 Å². The van der Waals surface area contributed by atoms with Gasteiger partial charge in [0.2, 0.25) is 0 Å². The summed E-state index contributed by atoms with van der Waals surface area (Å²) in [4.78, 5) is 46.4. The van der Waals surface area contributed by atoms with Gasteiger partial charge in [-0.3, -0.25) is 14.5 Å². The molecule has 0 spiro atoms. The topological polar surface area (TPSA) is 120 Å². The number of thiazole rings is 2. The van der Waals surface area contributed by atoms with Gasteiger partial charge in [0, 0.05) is 41.5 Å². The summed E-state index contributed by atoms with van der Waals surface area (Å²) < 4.78 is 41.4. The van der Waals surface area contributed by atoms with E-state index in [-0.39, 0.29) is 44.8 Å². The number of nitrogens with one attached hydrogen (secondary N) is 1. The number of halogens is 2. The number of rotatable bonds is 8. The predicted octanol–water partition coefficient (Wildman–Crippen LogP) is 5.53. The smallest absolute Gasteiger partial charge is 0.410 e. The molecule has 14 heteroatoms. The molecule has 4 rings (SSSR count). The maximum atomic E-state index is 13.9. The molecular formula is C28H42F2N4O6S2. The van der Waals surface area contributed by atoms with E-state index in [1.165, 1.54) is 41.8 Å². The fourth-order valence-electron chi connectivity index (χ4n) is 4.27. The highest BCUT2D eigenvalue weighted by Gasteiger charge is 2.40. The van der Waals surface area contributed by atoms with Gasteiger partial charge in [0.1, 0.15) is 28.0 Å². The molecule has 10 nitrogen and oxygen atoms in total. The number of aromatic nitrogens is 2. The second-order valence-corrected chi connectivity index (χ2v) is 13.1. The van der Waals surface area contributed by atoms with E-state index in [2.05, 4.69) is 24.8 Å². The van der Waals surface area contributed by atoms with Crippen molar-refractivity contribution in [2.24, 2.45) is 0 Å². The fraction of sp³-hybridized carbons (Fsp3) is 0.679. The molecule has 1 amide bonds. The van der Waals surface area contributed by atoms with Crippen LogP contribution in [-0.4, -0.2) is 78.2 Å². The number of aryl methyl sites for hydroxylation is 2. The molecule has 2 aliphatic heterocycles. The van der Waals surface area contributed by atoms with E-state index < -0.39 is 30.1 Å². The van der Waals surface area contributed by atoms with E-state index in [1.807, 2.05) is 0 Å². The largest absolute Gasteiger partial charge is 0.469 e. The average molecular weight is 633 g/mol. The van der Waals surface area contributed by atoms with Crippen LogP contribution in [0.5, 0.6) is 0 Å². The predicted molar refractivity (Wildman–Crippen MR) is 157 cm³/mol. The number of methoxy groups -OCH3 is 2. The van der Waals surface area contributed by atoms with Gasteiger partial charge in [-0.25, -0.2) is 23.5 Å². The Balaban J connectivity index is 0.000000302. The number of nitrogens with zero attached hydrogens (tertiary/aromatic N) is 3. The second kappa shape index (κ2) is 16.2. The maximum Gasteiger partial charge on any atom is 0.410 e. The number of hydrogen-bond donors (Lipinski definition) is 1. The molecule has 0 bridgehead atoms. The van der Waals surface area contributed by atoms with Crippen molar-refractivity contribution < 1.29 is 37.4 Å². The lowest BCUT2D eigenvalue weighted by molar-refractivity contribution is -0.141. The zero-order valence-corrected chi connectivity index (χ0v) is 25.6. The molecule has 4 heterocycles. The molecule has 0 saturated carbocycles. The summed E-state index contributed by atoms with van der Waals surface area (Å²) in [5.41, 5.74) is -0.634. The third-order valence-electron chi connectivity index (χ3n) is 6.29. The van der Waals surface area contributed by atoms with Crippen LogP contribution in [0.25, 0.3) is 0 Å². The van der Waals surface area contributed by atoms with Crippen LogP contribution in [-0.2, 0) is 36.6 Å². The lowest BCUT2D eigenvalue weighted by Crippen LogP contribution is -2.36. The molecule has 0 unspecified atom stereocenters. The minimum absolute atomic E-state index is 0. The zero-order valence-electron chi connectivity index (χ0n) is 24.0. The summed E-state index contributed by atoms with van der Waals surface area (Å²) in [5, 5.41) is 4.67. The SMILES string of the molecule is C.COC(=O)CCc1cnc([C@@H]2C[C@H](F)CN2)s1.COC(=O)CCc1cnc([C@@H]2C[C@H](F)CN2C(=O)OC(C)(C)C)s1. The van der Waals surface area contributed by atoms with Gasteiger partial charge in [-0.2, -0.15) is 0 Å². The number of carbonyl (C=O) groups excluding carboxylic acids is 3. The minimum Gasteiger partial charge on any atom is -0.469 e. The van der Waals surface area contributed by atoms with E-state index in [4.69, 9.17) is 4.74 Å². The van der Waals surface area contributed by atoms with Crippen LogP contribution in [0.4, 0.5) is 13.6 Å². The highest BCUT2D eigenvalue weighted by Crippen LogP contribution is 2.37.